The third-order valence-electron chi connectivity index (χ3n) is 3.94. The molecule has 2 aliphatic rings. The molecule has 1 saturated carbocycles. The SMILES string of the molecule is CC1CC(NCCC(=O)NC2CC2)CCN1C. The first-order chi connectivity index (χ1) is 8.15. The van der Waals surface area contributed by atoms with Gasteiger partial charge in [-0.1, -0.05) is 0 Å². The number of nitrogens with one attached hydrogen (secondary N) is 2. The van der Waals surface area contributed by atoms with E-state index in [1.165, 1.54) is 25.7 Å². The Balaban J connectivity index is 1.56. The predicted octanol–water partition coefficient (Wildman–Crippen LogP) is 0.727. The second-order valence-corrected chi connectivity index (χ2v) is 5.60. The molecule has 4 heteroatoms. The summed E-state index contributed by atoms with van der Waals surface area (Å²) in [4.78, 5) is 13.9. The molecular weight excluding hydrogens is 214 g/mol. The summed E-state index contributed by atoms with van der Waals surface area (Å²) in [6, 6.07) is 1.74. The smallest absolute Gasteiger partial charge is 0.221 e. The zero-order valence-electron chi connectivity index (χ0n) is 11.0. The highest BCUT2D eigenvalue weighted by atomic mass is 16.1. The van der Waals surface area contributed by atoms with Crippen molar-refractivity contribution < 1.29 is 4.79 Å². The lowest BCUT2D eigenvalue weighted by molar-refractivity contribution is -0.121. The van der Waals surface area contributed by atoms with Crippen molar-refractivity contribution in [1.82, 2.24) is 15.5 Å². The van der Waals surface area contributed by atoms with Gasteiger partial charge in [0.05, 0.1) is 0 Å². The number of rotatable bonds is 5. The van der Waals surface area contributed by atoms with Crippen molar-refractivity contribution in [1.29, 1.82) is 0 Å². The topological polar surface area (TPSA) is 44.4 Å². The van der Waals surface area contributed by atoms with E-state index in [4.69, 9.17) is 0 Å². The molecule has 2 fully saturated rings. The molecule has 0 spiro atoms. The van der Waals surface area contributed by atoms with E-state index in [0.29, 0.717) is 24.5 Å². The molecule has 98 valence electrons. The van der Waals surface area contributed by atoms with E-state index in [9.17, 15) is 4.79 Å². The first-order valence-electron chi connectivity index (χ1n) is 6.88. The van der Waals surface area contributed by atoms with Gasteiger partial charge in [0.25, 0.3) is 0 Å². The molecule has 17 heavy (non-hydrogen) atoms. The molecule has 2 atom stereocenters. The fraction of sp³-hybridized carbons (Fsp3) is 0.923. The van der Waals surface area contributed by atoms with Gasteiger partial charge >= 0.3 is 0 Å². The highest BCUT2D eigenvalue weighted by Gasteiger charge is 2.24. The molecule has 1 amide bonds. The number of nitrogens with zero attached hydrogens (tertiary/aromatic N) is 1. The minimum atomic E-state index is 0.209. The lowest BCUT2D eigenvalue weighted by Gasteiger charge is -2.35. The largest absolute Gasteiger partial charge is 0.353 e. The van der Waals surface area contributed by atoms with Crippen LogP contribution in [-0.4, -0.2) is 49.1 Å². The summed E-state index contributed by atoms with van der Waals surface area (Å²) in [5, 5.41) is 6.53. The van der Waals surface area contributed by atoms with E-state index in [1.54, 1.807) is 0 Å². The Morgan fingerprint density at radius 3 is 2.71 bits per heavy atom. The van der Waals surface area contributed by atoms with Gasteiger partial charge in [0.1, 0.15) is 0 Å². The molecule has 1 aliphatic heterocycles. The van der Waals surface area contributed by atoms with Crippen LogP contribution in [0.2, 0.25) is 0 Å². The van der Waals surface area contributed by atoms with Gasteiger partial charge in [-0.05, 0) is 46.2 Å². The van der Waals surface area contributed by atoms with Crippen LogP contribution >= 0.6 is 0 Å². The number of likely N-dealkylation sites (tertiary alicyclic amines) is 1. The molecule has 2 rings (SSSR count). The minimum absolute atomic E-state index is 0.209. The van der Waals surface area contributed by atoms with E-state index >= 15 is 0 Å². The zero-order valence-corrected chi connectivity index (χ0v) is 11.0. The average Bonchev–Trinajstić information content (AvgIpc) is 3.07. The normalized spacial score (nSPS) is 30.2. The quantitative estimate of drug-likeness (QED) is 0.743. The van der Waals surface area contributed by atoms with Crippen molar-refractivity contribution in [2.45, 2.75) is 57.2 Å². The van der Waals surface area contributed by atoms with Crippen molar-refractivity contribution in [3.63, 3.8) is 0 Å². The van der Waals surface area contributed by atoms with Crippen molar-refractivity contribution in [3.05, 3.63) is 0 Å². The van der Waals surface area contributed by atoms with E-state index in [-0.39, 0.29) is 5.91 Å². The molecule has 1 aliphatic carbocycles. The van der Waals surface area contributed by atoms with Crippen LogP contribution in [0.15, 0.2) is 0 Å². The molecule has 0 aromatic carbocycles. The Bertz CT molecular complexity index is 265. The number of hydrogen-bond acceptors (Lipinski definition) is 3. The molecule has 1 heterocycles. The second kappa shape index (κ2) is 5.83. The summed E-state index contributed by atoms with van der Waals surface area (Å²) in [6.07, 6.45) is 5.36. The van der Waals surface area contributed by atoms with Gasteiger partial charge in [-0.3, -0.25) is 4.79 Å². The van der Waals surface area contributed by atoms with Crippen molar-refractivity contribution in [3.8, 4) is 0 Å². The molecule has 0 aromatic rings. The predicted molar refractivity (Wildman–Crippen MR) is 68.9 cm³/mol. The number of hydrogen-bond donors (Lipinski definition) is 2. The van der Waals surface area contributed by atoms with Crippen molar-refractivity contribution in [2.24, 2.45) is 0 Å². The first kappa shape index (κ1) is 12.8. The molecule has 2 N–H and O–H groups in total. The average molecular weight is 239 g/mol. The molecule has 1 saturated heterocycles. The van der Waals surface area contributed by atoms with Crippen molar-refractivity contribution in [2.75, 3.05) is 20.1 Å². The highest BCUT2D eigenvalue weighted by Crippen LogP contribution is 2.18. The Morgan fingerprint density at radius 2 is 2.06 bits per heavy atom. The van der Waals surface area contributed by atoms with Crippen LogP contribution < -0.4 is 10.6 Å². The number of piperidine rings is 1. The van der Waals surface area contributed by atoms with Crippen LogP contribution in [0.5, 0.6) is 0 Å². The van der Waals surface area contributed by atoms with Gasteiger partial charge in [-0.15, -0.1) is 0 Å². The van der Waals surface area contributed by atoms with Crippen molar-refractivity contribution >= 4 is 5.91 Å². The van der Waals surface area contributed by atoms with Crippen LogP contribution in [-0.2, 0) is 4.79 Å². The standard InChI is InChI=1S/C13H25N3O/c1-10-9-12(6-8-16(10)2)14-7-5-13(17)15-11-3-4-11/h10-12,14H,3-9H2,1-2H3,(H,15,17). The summed E-state index contributed by atoms with van der Waals surface area (Å²) in [7, 11) is 2.18. The molecule has 4 nitrogen and oxygen atoms in total. The fourth-order valence-corrected chi connectivity index (χ4v) is 2.39. The number of carbonyl (C=O) groups is 1. The van der Waals surface area contributed by atoms with E-state index in [0.717, 1.165) is 13.1 Å². The van der Waals surface area contributed by atoms with E-state index in [1.807, 2.05) is 0 Å². The first-order valence-corrected chi connectivity index (χ1v) is 6.88. The lowest BCUT2D eigenvalue weighted by Crippen LogP contribution is -2.46. The fourth-order valence-electron chi connectivity index (χ4n) is 2.39. The Labute approximate surface area is 104 Å². The highest BCUT2D eigenvalue weighted by molar-refractivity contribution is 5.76. The van der Waals surface area contributed by atoms with Gasteiger partial charge in [0, 0.05) is 31.1 Å². The molecule has 2 unspecified atom stereocenters. The van der Waals surface area contributed by atoms with E-state index < -0.39 is 0 Å². The van der Waals surface area contributed by atoms with Crippen LogP contribution in [0.25, 0.3) is 0 Å². The van der Waals surface area contributed by atoms with Gasteiger partial charge in [-0.25, -0.2) is 0 Å². The van der Waals surface area contributed by atoms with Gasteiger partial charge in [0.2, 0.25) is 5.91 Å². The van der Waals surface area contributed by atoms with Crippen LogP contribution in [0, 0.1) is 0 Å². The maximum atomic E-state index is 11.5. The lowest BCUT2D eigenvalue weighted by atomic mass is 9.99. The van der Waals surface area contributed by atoms with E-state index in [2.05, 4.69) is 29.5 Å². The monoisotopic (exact) mass is 239 g/mol. The van der Waals surface area contributed by atoms with Gasteiger partial charge in [-0.2, -0.15) is 0 Å². The third kappa shape index (κ3) is 4.28. The van der Waals surface area contributed by atoms with Crippen LogP contribution in [0.4, 0.5) is 0 Å². The zero-order chi connectivity index (χ0) is 12.3. The second-order valence-electron chi connectivity index (χ2n) is 5.60. The molecular formula is C13H25N3O. The molecule has 0 bridgehead atoms. The third-order valence-corrected chi connectivity index (χ3v) is 3.94. The van der Waals surface area contributed by atoms with Crippen LogP contribution in [0.3, 0.4) is 0 Å². The van der Waals surface area contributed by atoms with Gasteiger partial charge < -0.3 is 15.5 Å². The maximum Gasteiger partial charge on any atom is 0.221 e. The summed E-state index contributed by atoms with van der Waals surface area (Å²) < 4.78 is 0. The number of amides is 1. The molecule has 0 radical (unpaired) electrons. The minimum Gasteiger partial charge on any atom is -0.353 e. The Morgan fingerprint density at radius 1 is 1.29 bits per heavy atom. The number of carbonyl (C=O) groups excluding carboxylic acids is 1. The Hall–Kier alpha value is -0.610. The van der Waals surface area contributed by atoms with Gasteiger partial charge in [0.15, 0.2) is 0 Å². The summed E-state index contributed by atoms with van der Waals surface area (Å²) in [5.41, 5.74) is 0. The summed E-state index contributed by atoms with van der Waals surface area (Å²) in [6.45, 7) is 4.25. The maximum absolute atomic E-state index is 11.5. The Kier molecular flexibility index (Phi) is 4.40. The molecule has 0 aromatic heterocycles. The summed E-state index contributed by atoms with van der Waals surface area (Å²) >= 11 is 0. The summed E-state index contributed by atoms with van der Waals surface area (Å²) in [5.74, 6) is 0.209. The van der Waals surface area contributed by atoms with Crippen LogP contribution in [0.1, 0.15) is 39.0 Å².